The molecule has 3 amide bonds. The van der Waals surface area contributed by atoms with Crippen LogP contribution in [0.4, 0.5) is 10.1 Å². The number of fused-ring (bicyclic) bond motifs is 1. The molecule has 8 nitrogen and oxygen atoms in total. The number of rotatable bonds is 4. The quantitative estimate of drug-likeness (QED) is 0.291. The van der Waals surface area contributed by atoms with Gasteiger partial charge in [0.2, 0.25) is 0 Å². The summed E-state index contributed by atoms with van der Waals surface area (Å²) in [7, 11) is 0. The number of carbonyl (C=O) groups is 3. The summed E-state index contributed by atoms with van der Waals surface area (Å²) in [6, 6.07) is 17.0. The molecule has 7 rings (SSSR count). The minimum Gasteiger partial charge on any atom is -0.332 e. The monoisotopic (exact) mass is 599 g/mol. The number of hydrogen-bond donors (Lipinski definition) is 0. The fraction of sp³-hybridized carbons (Fsp3) is 0.233. The number of nitrogens with zero attached hydrogens (tertiary/aromatic N) is 5. The lowest BCUT2D eigenvalue weighted by atomic mass is 9.94. The van der Waals surface area contributed by atoms with E-state index in [2.05, 4.69) is 26.2 Å². The van der Waals surface area contributed by atoms with Gasteiger partial charge in [-0.2, -0.15) is 0 Å². The molecule has 3 heterocycles. The number of amides is 3. The number of imide groups is 1. The van der Waals surface area contributed by atoms with E-state index in [1.54, 1.807) is 54.7 Å². The molecule has 0 N–H and O–H groups in total. The van der Waals surface area contributed by atoms with Gasteiger partial charge in [0.05, 0.1) is 38.7 Å². The normalized spacial score (nSPS) is 19.0. The second-order valence-corrected chi connectivity index (χ2v) is 11.4. The van der Waals surface area contributed by atoms with Gasteiger partial charge in [-0.25, -0.2) is 14.0 Å². The van der Waals surface area contributed by atoms with Crippen molar-refractivity contribution in [2.45, 2.75) is 37.6 Å². The van der Waals surface area contributed by atoms with Crippen LogP contribution in [0.5, 0.6) is 0 Å². The fourth-order valence-electron chi connectivity index (χ4n) is 6.20. The summed E-state index contributed by atoms with van der Waals surface area (Å²) in [6.07, 6.45) is 4.09. The van der Waals surface area contributed by atoms with Gasteiger partial charge in [-0.15, -0.1) is 5.10 Å². The average molecular weight is 600 g/mol. The minimum atomic E-state index is -0.430. The predicted octanol–water partition coefficient (Wildman–Crippen LogP) is 5.44. The Bertz CT molecular complexity index is 1750. The van der Waals surface area contributed by atoms with Crippen molar-refractivity contribution in [3.05, 3.63) is 105 Å². The lowest BCUT2D eigenvalue weighted by molar-refractivity contribution is 0.0708. The van der Waals surface area contributed by atoms with Crippen LogP contribution in [-0.2, 0) is 0 Å². The second kappa shape index (κ2) is 8.92. The molecule has 1 spiro atoms. The molecule has 0 radical (unpaired) electrons. The topological polar surface area (TPSA) is 88.4 Å². The number of anilines is 1. The van der Waals surface area contributed by atoms with E-state index >= 15 is 0 Å². The fourth-order valence-corrected chi connectivity index (χ4v) is 6.55. The highest BCUT2D eigenvalue weighted by Gasteiger charge is 2.60. The summed E-state index contributed by atoms with van der Waals surface area (Å²) in [6.45, 7) is 2.38. The number of aryl methyl sites for hydroxylation is 1. The van der Waals surface area contributed by atoms with Crippen LogP contribution in [0.1, 0.15) is 67.5 Å². The number of carbonyl (C=O) groups excluding carboxylic acids is 3. The number of hydrogen-bond acceptors (Lipinski definition) is 5. The summed E-state index contributed by atoms with van der Waals surface area (Å²) < 4.78 is 16.4. The molecule has 40 heavy (non-hydrogen) atoms. The number of aromatic nitrogens is 3. The van der Waals surface area contributed by atoms with Crippen molar-refractivity contribution < 1.29 is 18.8 Å². The Morgan fingerprint density at radius 2 is 1.75 bits per heavy atom. The highest BCUT2D eigenvalue weighted by Crippen LogP contribution is 2.57. The largest absolute Gasteiger partial charge is 0.332 e. The smallest absolute Gasteiger partial charge is 0.266 e. The third-order valence-corrected chi connectivity index (χ3v) is 8.98. The molecule has 200 valence electrons. The van der Waals surface area contributed by atoms with Gasteiger partial charge in [-0.3, -0.25) is 14.4 Å². The van der Waals surface area contributed by atoms with Crippen LogP contribution in [0.15, 0.2) is 71.3 Å². The van der Waals surface area contributed by atoms with Crippen molar-refractivity contribution in [2.75, 3.05) is 11.4 Å². The van der Waals surface area contributed by atoms with Gasteiger partial charge in [0.15, 0.2) is 5.82 Å². The van der Waals surface area contributed by atoms with Crippen molar-refractivity contribution in [3.63, 3.8) is 0 Å². The van der Waals surface area contributed by atoms with Gasteiger partial charge in [-0.05, 0) is 84.1 Å². The number of para-hydroxylation sites is 1. The molecular weight excluding hydrogens is 577 g/mol. The van der Waals surface area contributed by atoms with Crippen LogP contribution >= 0.6 is 15.9 Å². The molecule has 1 saturated carbocycles. The van der Waals surface area contributed by atoms with Crippen molar-refractivity contribution in [1.82, 2.24) is 19.9 Å². The first-order valence-corrected chi connectivity index (χ1v) is 13.9. The molecule has 1 atom stereocenters. The molecule has 1 saturated heterocycles. The maximum Gasteiger partial charge on any atom is 0.266 e. The zero-order chi connectivity index (χ0) is 27.8. The zero-order valence-corrected chi connectivity index (χ0v) is 23.1. The maximum absolute atomic E-state index is 14.6. The van der Waals surface area contributed by atoms with Crippen LogP contribution in [-0.4, -0.2) is 49.7 Å². The summed E-state index contributed by atoms with van der Waals surface area (Å²) in [5, 5.41) is 8.54. The Hall–Kier alpha value is -4.18. The van der Waals surface area contributed by atoms with Gasteiger partial charge < -0.3 is 4.90 Å². The van der Waals surface area contributed by atoms with Crippen molar-refractivity contribution in [3.8, 4) is 5.69 Å². The summed E-state index contributed by atoms with van der Waals surface area (Å²) in [5.41, 5.74) is 2.87. The van der Waals surface area contributed by atoms with Crippen molar-refractivity contribution in [1.29, 1.82) is 0 Å². The van der Waals surface area contributed by atoms with E-state index in [4.69, 9.17) is 0 Å². The van der Waals surface area contributed by atoms with E-state index in [0.717, 1.165) is 24.1 Å². The molecule has 2 fully saturated rings. The molecule has 3 aliphatic rings. The minimum absolute atomic E-state index is 0.0328. The van der Waals surface area contributed by atoms with E-state index < -0.39 is 17.6 Å². The van der Waals surface area contributed by atoms with Gasteiger partial charge >= 0.3 is 0 Å². The SMILES string of the molecule is Cc1ccccc1N1C(=O)c2ccc(C(=O)N3CCC(c4cn(-c5cccc(Br)c5F)nn4)C34CC4)cc2C1=O. The van der Waals surface area contributed by atoms with E-state index in [1.165, 1.54) is 9.58 Å². The molecule has 4 aromatic rings. The van der Waals surface area contributed by atoms with Crippen molar-refractivity contribution in [2.24, 2.45) is 0 Å². The average Bonchev–Trinajstić information content (AvgIpc) is 3.32. The lowest BCUT2D eigenvalue weighted by Crippen LogP contribution is -2.39. The number of halogens is 2. The summed E-state index contributed by atoms with van der Waals surface area (Å²) >= 11 is 3.21. The van der Waals surface area contributed by atoms with Crippen LogP contribution in [0.3, 0.4) is 0 Å². The Kier molecular flexibility index (Phi) is 5.54. The van der Waals surface area contributed by atoms with Gasteiger partial charge in [0.1, 0.15) is 5.69 Å². The first kappa shape index (κ1) is 24.8. The van der Waals surface area contributed by atoms with Crippen LogP contribution in [0.25, 0.3) is 5.69 Å². The molecule has 1 aliphatic carbocycles. The molecule has 1 aromatic heterocycles. The summed E-state index contributed by atoms with van der Waals surface area (Å²) in [5.74, 6) is -1.45. The Balaban J connectivity index is 1.16. The predicted molar refractivity (Wildman–Crippen MR) is 148 cm³/mol. The Morgan fingerprint density at radius 3 is 2.52 bits per heavy atom. The first-order valence-electron chi connectivity index (χ1n) is 13.1. The Morgan fingerprint density at radius 1 is 1.00 bits per heavy atom. The number of likely N-dealkylation sites (tertiary alicyclic amines) is 1. The highest BCUT2D eigenvalue weighted by atomic mass is 79.9. The maximum atomic E-state index is 14.6. The Labute approximate surface area is 237 Å². The molecule has 10 heteroatoms. The van der Waals surface area contributed by atoms with Crippen LogP contribution in [0.2, 0.25) is 0 Å². The van der Waals surface area contributed by atoms with Gasteiger partial charge in [-0.1, -0.05) is 29.5 Å². The number of benzene rings is 3. The van der Waals surface area contributed by atoms with E-state index in [1.807, 2.05) is 24.0 Å². The molecule has 1 unspecified atom stereocenters. The third-order valence-electron chi connectivity index (χ3n) is 8.37. The lowest BCUT2D eigenvalue weighted by Gasteiger charge is -2.27. The van der Waals surface area contributed by atoms with Gasteiger partial charge in [0, 0.05) is 18.0 Å². The molecule has 2 aliphatic heterocycles. The molecular formula is C30H23BrFN5O3. The van der Waals surface area contributed by atoms with E-state index in [0.29, 0.717) is 39.9 Å². The zero-order valence-electron chi connectivity index (χ0n) is 21.5. The van der Waals surface area contributed by atoms with E-state index in [-0.39, 0.29) is 22.9 Å². The van der Waals surface area contributed by atoms with Crippen molar-refractivity contribution >= 4 is 39.3 Å². The molecule has 3 aromatic carbocycles. The first-order chi connectivity index (χ1) is 19.3. The van der Waals surface area contributed by atoms with Crippen LogP contribution in [0, 0.1) is 12.7 Å². The standard InChI is InChI=1S/C30H23BrFN5O3/c1-17-5-2-3-7-24(17)37-28(39)19-10-9-18(15-20(19)29(37)40)27(38)35-14-11-21(30(35)12-13-30)23-16-36(34-33-23)25-8-4-6-22(31)26(25)32/h2-10,15-16,21H,11-14H2,1H3. The highest BCUT2D eigenvalue weighted by molar-refractivity contribution is 9.10. The summed E-state index contributed by atoms with van der Waals surface area (Å²) in [4.78, 5) is 43.3. The molecule has 0 bridgehead atoms. The third kappa shape index (κ3) is 3.58. The second-order valence-electron chi connectivity index (χ2n) is 10.6. The van der Waals surface area contributed by atoms with Gasteiger partial charge in [0.25, 0.3) is 17.7 Å². The van der Waals surface area contributed by atoms with Crippen LogP contribution < -0.4 is 4.90 Å². The van der Waals surface area contributed by atoms with E-state index in [9.17, 15) is 18.8 Å².